The maximum atomic E-state index is 5.56. The summed E-state index contributed by atoms with van der Waals surface area (Å²) in [5, 5.41) is 6.97. The van der Waals surface area contributed by atoms with Gasteiger partial charge in [-0.2, -0.15) is 0 Å². The van der Waals surface area contributed by atoms with Gasteiger partial charge in [0.15, 0.2) is 17.5 Å². The Kier molecular flexibility index (Phi) is 11.5. The molecule has 0 unspecified atom stereocenters. The molecule has 8 heteroatoms. The second-order valence-electron chi connectivity index (χ2n) is 7.29. The molecule has 0 aromatic heterocycles. The highest BCUT2D eigenvalue weighted by Crippen LogP contribution is 2.39. The maximum absolute atomic E-state index is 5.56. The number of piperidine rings is 1. The average molecular weight is 520 g/mol. The molecule has 29 heavy (non-hydrogen) atoms. The molecule has 166 valence electrons. The second-order valence-corrected chi connectivity index (χ2v) is 7.29. The van der Waals surface area contributed by atoms with Crippen LogP contribution in [0, 0.1) is 0 Å². The van der Waals surface area contributed by atoms with Crippen molar-refractivity contribution in [3.8, 4) is 17.2 Å². The van der Waals surface area contributed by atoms with Crippen LogP contribution in [0.4, 0.5) is 0 Å². The number of nitrogens with zero attached hydrogens (tertiary/aromatic N) is 2. The molecule has 1 fully saturated rings. The van der Waals surface area contributed by atoms with Gasteiger partial charge in [-0.1, -0.05) is 6.07 Å². The molecule has 1 aromatic rings. The van der Waals surface area contributed by atoms with Crippen molar-refractivity contribution < 1.29 is 14.2 Å². The Balaban J connectivity index is 0.00000420. The van der Waals surface area contributed by atoms with Crippen LogP contribution in [0.1, 0.15) is 32.3 Å². The Bertz CT molecular complexity index is 647. The van der Waals surface area contributed by atoms with Crippen molar-refractivity contribution in [3.05, 3.63) is 17.7 Å². The molecule has 2 N–H and O–H groups in total. The minimum absolute atomic E-state index is 0. The molecule has 1 heterocycles. The monoisotopic (exact) mass is 520 g/mol. The van der Waals surface area contributed by atoms with Gasteiger partial charge in [-0.05, 0) is 39.2 Å². The van der Waals surface area contributed by atoms with Gasteiger partial charge in [0.25, 0.3) is 0 Å². The fourth-order valence-corrected chi connectivity index (χ4v) is 3.62. The first-order valence-corrected chi connectivity index (χ1v) is 10.0. The SMILES string of the molecule is CN=C(NCCc1ccc(OC)c(OC)c1OC)NC1CCN(C(C)C)CC1.I. The van der Waals surface area contributed by atoms with Gasteiger partial charge in [-0.25, -0.2) is 0 Å². The number of hydrogen-bond donors (Lipinski definition) is 2. The molecular weight excluding hydrogens is 483 g/mol. The number of aliphatic imine (C=N–C) groups is 1. The average Bonchev–Trinajstić information content (AvgIpc) is 2.72. The van der Waals surface area contributed by atoms with Gasteiger partial charge < -0.3 is 29.7 Å². The molecule has 0 bridgehead atoms. The topological polar surface area (TPSA) is 67.4 Å². The van der Waals surface area contributed by atoms with E-state index in [1.165, 1.54) is 0 Å². The van der Waals surface area contributed by atoms with E-state index in [4.69, 9.17) is 14.2 Å². The summed E-state index contributed by atoms with van der Waals surface area (Å²) in [5.74, 6) is 2.86. The number of likely N-dealkylation sites (tertiary alicyclic amines) is 1. The zero-order chi connectivity index (χ0) is 20.5. The molecule has 0 spiro atoms. The summed E-state index contributed by atoms with van der Waals surface area (Å²) in [6.45, 7) is 7.54. The Morgan fingerprint density at radius 1 is 1.10 bits per heavy atom. The molecule has 0 aliphatic carbocycles. The van der Waals surface area contributed by atoms with E-state index in [1.54, 1.807) is 21.3 Å². The van der Waals surface area contributed by atoms with Crippen LogP contribution in [0.15, 0.2) is 17.1 Å². The standard InChI is InChI=1S/C21H36N4O3.HI/c1-15(2)25-13-10-17(11-14-25)24-21(22-3)23-12-9-16-7-8-18(26-4)20(28-6)19(16)27-5;/h7-8,15,17H,9-14H2,1-6H3,(H2,22,23,24);1H. The number of guanidine groups is 1. The Labute approximate surface area is 192 Å². The molecule has 1 saturated heterocycles. The van der Waals surface area contributed by atoms with Crippen LogP contribution >= 0.6 is 24.0 Å². The van der Waals surface area contributed by atoms with E-state index in [2.05, 4.69) is 34.4 Å². The Morgan fingerprint density at radius 3 is 2.28 bits per heavy atom. The zero-order valence-electron chi connectivity index (χ0n) is 18.6. The largest absolute Gasteiger partial charge is 0.493 e. The molecule has 1 aromatic carbocycles. The number of nitrogens with one attached hydrogen (secondary N) is 2. The van der Waals surface area contributed by atoms with Crippen molar-refractivity contribution in [2.45, 2.75) is 45.2 Å². The van der Waals surface area contributed by atoms with Crippen molar-refractivity contribution in [1.82, 2.24) is 15.5 Å². The minimum atomic E-state index is 0. The summed E-state index contributed by atoms with van der Waals surface area (Å²) in [7, 11) is 6.71. The summed E-state index contributed by atoms with van der Waals surface area (Å²) in [6, 6.07) is 5.01. The van der Waals surface area contributed by atoms with Gasteiger partial charge >= 0.3 is 0 Å². The number of rotatable bonds is 8. The van der Waals surface area contributed by atoms with Crippen LogP contribution in [0.2, 0.25) is 0 Å². The fourth-order valence-electron chi connectivity index (χ4n) is 3.62. The lowest BCUT2D eigenvalue weighted by Gasteiger charge is -2.35. The number of benzene rings is 1. The van der Waals surface area contributed by atoms with E-state index in [1.807, 2.05) is 19.2 Å². The molecule has 1 aliphatic rings. The van der Waals surface area contributed by atoms with Crippen molar-refractivity contribution >= 4 is 29.9 Å². The molecule has 0 atom stereocenters. The van der Waals surface area contributed by atoms with Gasteiger partial charge in [0.05, 0.1) is 21.3 Å². The van der Waals surface area contributed by atoms with Gasteiger partial charge in [-0.15, -0.1) is 24.0 Å². The molecule has 2 rings (SSSR count). The highest BCUT2D eigenvalue weighted by molar-refractivity contribution is 14.0. The van der Waals surface area contributed by atoms with Crippen molar-refractivity contribution in [3.63, 3.8) is 0 Å². The van der Waals surface area contributed by atoms with Gasteiger partial charge in [0, 0.05) is 44.3 Å². The summed E-state index contributed by atoms with van der Waals surface area (Å²) >= 11 is 0. The van der Waals surface area contributed by atoms with Crippen molar-refractivity contribution in [2.75, 3.05) is 48.0 Å². The highest BCUT2D eigenvalue weighted by atomic mass is 127. The van der Waals surface area contributed by atoms with E-state index in [0.29, 0.717) is 29.3 Å². The van der Waals surface area contributed by atoms with Crippen molar-refractivity contribution in [2.24, 2.45) is 4.99 Å². The van der Waals surface area contributed by atoms with Crippen molar-refractivity contribution in [1.29, 1.82) is 0 Å². The van der Waals surface area contributed by atoms with Gasteiger partial charge in [0.2, 0.25) is 5.75 Å². The van der Waals surface area contributed by atoms with Crippen LogP contribution in [0.5, 0.6) is 17.2 Å². The minimum Gasteiger partial charge on any atom is -0.493 e. The first-order chi connectivity index (χ1) is 13.5. The fraction of sp³-hybridized carbons (Fsp3) is 0.667. The summed E-state index contributed by atoms with van der Waals surface area (Å²) in [4.78, 5) is 6.90. The van der Waals surface area contributed by atoms with Crippen LogP contribution in [0.25, 0.3) is 0 Å². The lowest BCUT2D eigenvalue weighted by Crippen LogP contribution is -2.50. The summed E-state index contributed by atoms with van der Waals surface area (Å²) < 4.78 is 16.4. The summed E-state index contributed by atoms with van der Waals surface area (Å²) in [5.41, 5.74) is 1.06. The van der Waals surface area contributed by atoms with E-state index in [0.717, 1.165) is 50.4 Å². The second kappa shape index (κ2) is 13.0. The van der Waals surface area contributed by atoms with E-state index < -0.39 is 0 Å². The molecule has 0 radical (unpaired) electrons. The third-order valence-electron chi connectivity index (χ3n) is 5.30. The maximum Gasteiger partial charge on any atom is 0.203 e. The third-order valence-corrected chi connectivity index (χ3v) is 5.30. The summed E-state index contributed by atoms with van der Waals surface area (Å²) in [6.07, 6.45) is 3.07. The molecule has 0 saturated carbocycles. The number of ether oxygens (including phenoxy) is 3. The van der Waals surface area contributed by atoms with Crippen LogP contribution in [-0.2, 0) is 6.42 Å². The Morgan fingerprint density at radius 2 is 1.76 bits per heavy atom. The lowest BCUT2D eigenvalue weighted by molar-refractivity contribution is 0.167. The third kappa shape index (κ3) is 7.09. The smallest absolute Gasteiger partial charge is 0.203 e. The molecule has 1 aliphatic heterocycles. The molecule has 7 nitrogen and oxygen atoms in total. The number of halogens is 1. The van der Waals surface area contributed by atoms with Crippen LogP contribution in [0.3, 0.4) is 0 Å². The molecular formula is C21H37IN4O3. The predicted octanol–water partition coefficient (Wildman–Crippen LogP) is 2.91. The quantitative estimate of drug-likeness (QED) is 0.312. The van der Waals surface area contributed by atoms with E-state index in [-0.39, 0.29) is 24.0 Å². The first kappa shape index (κ1) is 25.6. The highest BCUT2D eigenvalue weighted by Gasteiger charge is 2.21. The van der Waals surface area contributed by atoms with Gasteiger partial charge in [0.1, 0.15) is 0 Å². The van der Waals surface area contributed by atoms with E-state index >= 15 is 0 Å². The van der Waals surface area contributed by atoms with Crippen LogP contribution < -0.4 is 24.8 Å². The van der Waals surface area contributed by atoms with Crippen LogP contribution in [-0.4, -0.2) is 71.0 Å². The number of hydrogen-bond acceptors (Lipinski definition) is 5. The van der Waals surface area contributed by atoms with E-state index in [9.17, 15) is 0 Å². The Hall–Kier alpha value is -1.42. The zero-order valence-corrected chi connectivity index (χ0v) is 20.9. The lowest BCUT2D eigenvalue weighted by atomic mass is 10.0. The van der Waals surface area contributed by atoms with Gasteiger partial charge in [-0.3, -0.25) is 4.99 Å². The normalized spacial score (nSPS) is 15.6. The first-order valence-electron chi connectivity index (χ1n) is 10.0. The predicted molar refractivity (Wildman–Crippen MR) is 129 cm³/mol. The number of methoxy groups -OCH3 is 3. The molecule has 0 amide bonds.